The van der Waals surface area contributed by atoms with Gasteiger partial charge in [0.25, 0.3) is 0 Å². The first kappa shape index (κ1) is 12.5. The molecule has 4 N–H and O–H groups in total. The first-order chi connectivity index (χ1) is 7.54. The van der Waals surface area contributed by atoms with Gasteiger partial charge in [-0.1, -0.05) is 6.07 Å². The minimum atomic E-state index is -0.497. The molecule has 0 saturated carbocycles. The van der Waals surface area contributed by atoms with Crippen molar-refractivity contribution in [3.63, 3.8) is 0 Å². The van der Waals surface area contributed by atoms with Crippen molar-refractivity contribution in [2.24, 2.45) is 5.73 Å². The number of benzene rings is 1. The summed E-state index contributed by atoms with van der Waals surface area (Å²) in [5.74, 6) is -0.531. The molecule has 0 aromatic heterocycles. The molecular formula is C11H15NO4. The number of aliphatic hydroxyl groups excluding tert-OH is 1. The number of rotatable bonds is 4. The van der Waals surface area contributed by atoms with Crippen LogP contribution in [0.25, 0.3) is 0 Å². The van der Waals surface area contributed by atoms with Crippen LogP contribution in [0.2, 0.25) is 0 Å². The van der Waals surface area contributed by atoms with Gasteiger partial charge in [-0.15, -0.1) is 0 Å². The fourth-order valence-corrected chi connectivity index (χ4v) is 1.31. The highest BCUT2D eigenvalue weighted by Crippen LogP contribution is 2.29. The van der Waals surface area contributed by atoms with E-state index in [1.54, 1.807) is 6.07 Å². The number of phenolic OH excluding ortho intramolecular Hbond substituents is 1. The van der Waals surface area contributed by atoms with Gasteiger partial charge in [0.1, 0.15) is 0 Å². The lowest BCUT2D eigenvalue weighted by atomic mass is 10.0. The molecule has 0 amide bonds. The van der Waals surface area contributed by atoms with Gasteiger partial charge in [0, 0.05) is 19.6 Å². The summed E-state index contributed by atoms with van der Waals surface area (Å²) in [6.45, 7) is 1.23. The zero-order chi connectivity index (χ0) is 12.1. The third-order valence-corrected chi connectivity index (χ3v) is 2.10. The number of nitrogens with two attached hydrogens (primary N) is 1. The summed E-state index contributed by atoms with van der Waals surface area (Å²) in [5, 5.41) is 18.3. The molecule has 0 heterocycles. The summed E-state index contributed by atoms with van der Waals surface area (Å²) >= 11 is 0. The summed E-state index contributed by atoms with van der Waals surface area (Å²) in [6.07, 6.45) is 0.409. The molecule has 88 valence electrons. The Labute approximate surface area is 93.5 Å². The Kier molecular flexibility index (Phi) is 4.28. The van der Waals surface area contributed by atoms with E-state index in [0.717, 1.165) is 0 Å². The number of carbonyl (C=O) groups is 1. The topological polar surface area (TPSA) is 92.8 Å². The highest BCUT2D eigenvalue weighted by molar-refractivity contribution is 5.70. The largest absolute Gasteiger partial charge is 0.504 e. The van der Waals surface area contributed by atoms with Gasteiger partial charge in [0.15, 0.2) is 11.5 Å². The number of carbonyl (C=O) groups excluding carboxylic acids is 1. The maximum absolute atomic E-state index is 10.7. The van der Waals surface area contributed by atoms with Crippen molar-refractivity contribution >= 4 is 5.97 Å². The van der Waals surface area contributed by atoms with Gasteiger partial charge in [-0.25, -0.2) is 0 Å². The zero-order valence-electron chi connectivity index (χ0n) is 9.01. The lowest BCUT2D eigenvalue weighted by molar-refractivity contribution is -0.132. The van der Waals surface area contributed by atoms with Gasteiger partial charge in [0.05, 0.1) is 0 Å². The van der Waals surface area contributed by atoms with E-state index in [-0.39, 0.29) is 24.1 Å². The number of aliphatic hydroxyl groups is 1. The summed E-state index contributed by atoms with van der Waals surface area (Å²) in [7, 11) is 0. The second-order valence-corrected chi connectivity index (χ2v) is 3.44. The highest BCUT2D eigenvalue weighted by Gasteiger charge is 2.10. The third kappa shape index (κ3) is 3.22. The van der Waals surface area contributed by atoms with E-state index in [9.17, 15) is 9.90 Å². The van der Waals surface area contributed by atoms with Gasteiger partial charge < -0.3 is 20.7 Å². The van der Waals surface area contributed by atoms with Crippen molar-refractivity contribution in [3.8, 4) is 11.5 Å². The molecule has 0 aliphatic heterocycles. The lowest BCUT2D eigenvalue weighted by Crippen LogP contribution is -2.12. The molecule has 1 aromatic carbocycles. The Morgan fingerprint density at radius 1 is 1.56 bits per heavy atom. The van der Waals surface area contributed by atoms with Gasteiger partial charge in [-0.2, -0.15) is 0 Å². The third-order valence-electron chi connectivity index (χ3n) is 2.10. The van der Waals surface area contributed by atoms with Crippen LogP contribution in [-0.2, 0) is 4.79 Å². The summed E-state index contributed by atoms with van der Waals surface area (Å²) < 4.78 is 4.76. The average molecular weight is 225 g/mol. The number of hydrogen-bond acceptors (Lipinski definition) is 5. The van der Waals surface area contributed by atoms with Crippen molar-refractivity contribution in [1.82, 2.24) is 0 Å². The Hall–Kier alpha value is -1.59. The summed E-state index contributed by atoms with van der Waals surface area (Å²) in [6, 6.07) is 4.21. The van der Waals surface area contributed by atoms with E-state index in [2.05, 4.69) is 0 Å². The predicted molar refractivity (Wildman–Crippen MR) is 58.0 cm³/mol. The zero-order valence-corrected chi connectivity index (χ0v) is 9.01. The van der Waals surface area contributed by atoms with Crippen LogP contribution in [0.1, 0.15) is 24.9 Å². The fourth-order valence-electron chi connectivity index (χ4n) is 1.31. The lowest BCUT2D eigenvalue weighted by Gasteiger charge is -2.12. The number of hydrogen-bond donors (Lipinski definition) is 3. The SMILES string of the molecule is CC(=O)Oc1ccc([C@H](N)CCO)cc1O. The molecule has 1 aromatic rings. The number of aromatic hydroxyl groups is 1. The first-order valence-corrected chi connectivity index (χ1v) is 4.92. The van der Waals surface area contributed by atoms with E-state index < -0.39 is 5.97 Å². The molecule has 0 bridgehead atoms. The van der Waals surface area contributed by atoms with Crippen LogP contribution in [-0.4, -0.2) is 22.8 Å². The molecule has 0 spiro atoms. The van der Waals surface area contributed by atoms with Crippen molar-refractivity contribution in [1.29, 1.82) is 0 Å². The van der Waals surface area contributed by atoms with Crippen LogP contribution in [0.15, 0.2) is 18.2 Å². The molecule has 1 atom stereocenters. The number of ether oxygens (including phenoxy) is 1. The Morgan fingerprint density at radius 3 is 2.75 bits per heavy atom. The van der Waals surface area contributed by atoms with Crippen LogP contribution in [0.4, 0.5) is 0 Å². The van der Waals surface area contributed by atoms with Crippen LogP contribution in [0, 0.1) is 0 Å². The van der Waals surface area contributed by atoms with E-state index in [1.165, 1.54) is 19.1 Å². The maximum atomic E-state index is 10.7. The molecule has 0 fully saturated rings. The smallest absolute Gasteiger partial charge is 0.308 e. The molecule has 16 heavy (non-hydrogen) atoms. The molecule has 5 heteroatoms. The molecule has 0 unspecified atom stereocenters. The molecular weight excluding hydrogens is 210 g/mol. The first-order valence-electron chi connectivity index (χ1n) is 4.92. The number of phenols is 1. The van der Waals surface area contributed by atoms with Gasteiger partial charge in [-0.3, -0.25) is 4.79 Å². The fraction of sp³-hybridized carbons (Fsp3) is 0.364. The summed E-state index contributed by atoms with van der Waals surface area (Å²) in [5.41, 5.74) is 6.43. The molecule has 0 aliphatic carbocycles. The molecule has 0 aliphatic rings. The van der Waals surface area contributed by atoms with Crippen molar-refractivity contribution < 1.29 is 19.7 Å². The van der Waals surface area contributed by atoms with Crippen molar-refractivity contribution in [2.75, 3.05) is 6.61 Å². The Bertz CT molecular complexity index is 378. The maximum Gasteiger partial charge on any atom is 0.308 e. The summed E-state index contributed by atoms with van der Waals surface area (Å²) in [4.78, 5) is 10.7. The second-order valence-electron chi connectivity index (χ2n) is 3.44. The van der Waals surface area contributed by atoms with E-state index >= 15 is 0 Å². The van der Waals surface area contributed by atoms with E-state index in [0.29, 0.717) is 12.0 Å². The predicted octanol–water partition coefficient (Wildman–Crippen LogP) is 0.700. The highest BCUT2D eigenvalue weighted by atomic mass is 16.5. The molecule has 0 saturated heterocycles. The molecule has 0 radical (unpaired) electrons. The average Bonchev–Trinajstić information content (AvgIpc) is 2.20. The van der Waals surface area contributed by atoms with Crippen LogP contribution >= 0.6 is 0 Å². The molecule has 5 nitrogen and oxygen atoms in total. The quantitative estimate of drug-likeness (QED) is 0.518. The van der Waals surface area contributed by atoms with Crippen LogP contribution < -0.4 is 10.5 Å². The van der Waals surface area contributed by atoms with Gasteiger partial charge in [0.2, 0.25) is 0 Å². The minimum Gasteiger partial charge on any atom is -0.504 e. The van der Waals surface area contributed by atoms with E-state index in [1.807, 2.05) is 0 Å². The normalized spacial score (nSPS) is 12.2. The van der Waals surface area contributed by atoms with Crippen LogP contribution in [0.5, 0.6) is 11.5 Å². The molecule has 1 rings (SSSR count). The van der Waals surface area contributed by atoms with Crippen LogP contribution in [0.3, 0.4) is 0 Å². The van der Waals surface area contributed by atoms with Gasteiger partial charge >= 0.3 is 5.97 Å². The van der Waals surface area contributed by atoms with Gasteiger partial charge in [-0.05, 0) is 24.1 Å². The minimum absolute atomic E-state index is 0.0202. The monoisotopic (exact) mass is 225 g/mol. The van der Waals surface area contributed by atoms with Crippen molar-refractivity contribution in [3.05, 3.63) is 23.8 Å². The standard InChI is InChI=1S/C11H15NO4/c1-7(14)16-11-3-2-8(6-10(11)15)9(12)4-5-13/h2-3,6,9,13,15H,4-5,12H2,1H3/t9-/m1/s1. The second kappa shape index (κ2) is 5.48. The Balaban J connectivity index is 2.85. The van der Waals surface area contributed by atoms with E-state index in [4.69, 9.17) is 15.6 Å². The number of esters is 1. The Morgan fingerprint density at radius 2 is 2.25 bits per heavy atom. The van der Waals surface area contributed by atoms with Crippen molar-refractivity contribution in [2.45, 2.75) is 19.4 Å².